The van der Waals surface area contributed by atoms with Crippen molar-refractivity contribution in [3.8, 4) is 0 Å². The predicted octanol–water partition coefficient (Wildman–Crippen LogP) is 1.57. The molecule has 2 nitrogen and oxygen atoms in total. The van der Waals surface area contributed by atoms with Gasteiger partial charge in [0.2, 0.25) is 0 Å². The Morgan fingerprint density at radius 2 is 2.36 bits per heavy atom. The molecule has 1 aliphatic heterocycles. The molecule has 0 amide bonds. The van der Waals surface area contributed by atoms with Crippen LogP contribution >= 0.6 is 0 Å². The molecule has 0 aromatic carbocycles. The van der Waals surface area contributed by atoms with Crippen LogP contribution in [0.25, 0.3) is 0 Å². The number of hydrogen-bond donors (Lipinski definition) is 1. The van der Waals surface area contributed by atoms with Gasteiger partial charge in [-0.15, -0.1) is 0 Å². The predicted molar refractivity (Wildman–Crippen MR) is 44.5 cm³/mol. The van der Waals surface area contributed by atoms with E-state index in [1.165, 1.54) is 19.3 Å². The molecular formula is C9H18O2. The van der Waals surface area contributed by atoms with Crippen LogP contribution in [-0.4, -0.2) is 24.4 Å². The molecule has 1 aliphatic rings. The largest absolute Gasteiger partial charge is 0.396 e. The average molecular weight is 158 g/mol. The monoisotopic (exact) mass is 158 g/mol. The molecule has 0 bridgehead atoms. The molecule has 1 heterocycles. The summed E-state index contributed by atoms with van der Waals surface area (Å²) < 4.78 is 5.54. The van der Waals surface area contributed by atoms with E-state index in [0.29, 0.717) is 18.6 Å². The van der Waals surface area contributed by atoms with Gasteiger partial charge in [-0.05, 0) is 31.6 Å². The molecule has 0 aromatic heterocycles. The summed E-state index contributed by atoms with van der Waals surface area (Å²) >= 11 is 0. The fourth-order valence-corrected chi connectivity index (χ4v) is 1.52. The minimum Gasteiger partial charge on any atom is -0.396 e. The molecule has 1 fully saturated rings. The summed E-state index contributed by atoms with van der Waals surface area (Å²) in [4.78, 5) is 0. The van der Waals surface area contributed by atoms with E-state index in [2.05, 4.69) is 6.92 Å². The Morgan fingerprint density at radius 3 is 2.91 bits per heavy atom. The Balaban J connectivity index is 2.13. The molecule has 1 rings (SSSR count). The van der Waals surface area contributed by atoms with Crippen molar-refractivity contribution in [3.05, 3.63) is 0 Å². The van der Waals surface area contributed by atoms with Crippen molar-refractivity contribution in [1.82, 2.24) is 0 Å². The lowest BCUT2D eigenvalue weighted by Crippen LogP contribution is -2.22. The van der Waals surface area contributed by atoms with Gasteiger partial charge in [0.1, 0.15) is 0 Å². The molecule has 2 heteroatoms. The average Bonchev–Trinajstić information content (AvgIpc) is 2.06. The minimum atomic E-state index is 0.292. The SMILES string of the molecule is C[C@@H](CO)CC1CCCCO1. The summed E-state index contributed by atoms with van der Waals surface area (Å²) in [6.45, 7) is 3.28. The molecule has 0 radical (unpaired) electrons. The summed E-state index contributed by atoms with van der Waals surface area (Å²) in [6, 6.07) is 0. The van der Waals surface area contributed by atoms with Gasteiger partial charge in [-0.1, -0.05) is 6.92 Å². The van der Waals surface area contributed by atoms with E-state index in [1.807, 2.05) is 0 Å². The summed E-state index contributed by atoms with van der Waals surface area (Å²) in [7, 11) is 0. The number of rotatable bonds is 3. The first-order valence-corrected chi connectivity index (χ1v) is 4.55. The smallest absolute Gasteiger partial charge is 0.0578 e. The van der Waals surface area contributed by atoms with Crippen LogP contribution in [0, 0.1) is 5.92 Å². The van der Waals surface area contributed by atoms with Crippen molar-refractivity contribution >= 4 is 0 Å². The van der Waals surface area contributed by atoms with Gasteiger partial charge in [0.25, 0.3) is 0 Å². The van der Waals surface area contributed by atoms with Gasteiger partial charge in [-0.2, -0.15) is 0 Å². The van der Waals surface area contributed by atoms with Crippen LogP contribution in [0.15, 0.2) is 0 Å². The van der Waals surface area contributed by atoms with E-state index in [0.717, 1.165) is 13.0 Å². The van der Waals surface area contributed by atoms with E-state index >= 15 is 0 Å². The standard InChI is InChI=1S/C9H18O2/c1-8(7-10)6-9-4-2-3-5-11-9/h8-10H,2-7H2,1H3/t8-,9?/m1/s1. The van der Waals surface area contributed by atoms with E-state index in [1.54, 1.807) is 0 Å². The van der Waals surface area contributed by atoms with Crippen LogP contribution in [0.2, 0.25) is 0 Å². The zero-order chi connectivity index (χ0) is 8.10. The van der Waals surface area contributed by atoms with Crippen LogP contribution in [-0.2, 0) is 4.74 Å². The lowest BCUT2D eigenvalue weighted by atomic mass is 9.99. The second kappa shape index (κ2) is 4.73. The molecule has 0 spiro atoms. The summed E-state index contributed by atoms with van der Waals surface area (Å²) in [5.41, 5.74) is 0. The molecular weight excluding hydrogens is 140 g/mol. The van der Waals surface area contributed by atoms with Crippen LogP contribution in [0.3, 0.4) is 0 Å². The van der Waals surface area contributed by atoms with E-state index in [9.17, 15) is 0 Å². The zero-order valence-corrected chi connectivity index (χ0v) is 7.25. The third-order valence-corrected chi connectivity index (χ3v) is 2.25. The minimum absolute atomic E-state index is 0.292. The highest BCUT2D eigenvalue weighted by Gasteiger charge is 2.15. The normalized spacial score (nSPS) is 28.4. The second-order valence-corrected chi connectivity index (χ2v) is 3.51. The van der Waals surface area contributed by atoms with Crippen molar-refractivity contribution < 1.29 is 9.84 Å². The molecule has 0 aliphatic carbocycles. The molecule has 11 heavy (non-hydrogen) atoms. The van der Waals surface area contributed by atoms with Gasteiger partial charge in [0, 0.05) is 13.2 Å². The van der Waals surface area contributed by atoms with Crippen molar-refractivity contribution in [1.29, 1.82) is 0 Å². The van der Waals surface area contributed by atoms with Gasteiger partial charge in [-0.25, -0.2) is 0 Å². The van der Waals surface area contributed by atoms with Crippen LogP contribution in [0.5, 0.6) is 0 Å². The molecule has 1 N–H and O–H groups in total. The van der Waals surface area contributed by atoms with Gasteiger partial charge in [-0.3, -0.25) is 0 Å². The highest BCUT2D eigenvalue weighted by molar-refractivity contribution is 4.66. The summed E-state index contributed by atoms with van der Waals surface area (Å²) in [5, 5.41) is 8.81. The highest BCUT2D eigenvalue weighted by atomic mass is 16.5. The molecule has 0 saturated carbocycles. The quantitative estimate of drug-likeness (QED) is 0.675. The molecule has 66 valence electrons. The van der Waals surface area contributed by atoms with E-state index in [-0.39, 0.29) is 0 Å². The van der Waals surface area contributed by atoms with Crippen molar-refractivity contribution in [3.63, 3.8) is 0 Å². The van der Waals surface area contributed by atoms with Crippen molar-refractivity contribution in [2.45, 2.75) is 38.7 Å². The Hall–Kier alpha value is -0.0800. The zero-order valence-electron chi connectivity index (χ0n) is 7.25. The maximum Gasteiger partial charge on any atom is 0.0578 e. The molecule has 1 unspecified atom stereocenters. The topological polar surface area (TPSA) is 29.5 Å². The first kappa shape index (κ1) is 9.01. The van der Waals surface area contributed by atoms with Crippen LogP contribution in [0.1, 0.15) is 32.6 Å². The third kappa shape index (κ3) is 3.21. The summed E-state index contributed by atoms with van der Waals surface area (Å²) in [5.74, 6) is 0.401. The second-order valence-electron chi connectivity index (χ2n) is 3.51. The van der Waals surface area contributed by atoms with Gasteiger partial charge >= 0.3 is 0 Å². The Morgan fingerprint density at radius 1 is 1.55 bits per heavy atom. The molecule has 0 aromatic rings. The lowest BCUT2D eigenvalue weighted by Gasteiger charge is -2.24. The van der Waals surface area contributed by atoms with E-state index < -0.39 is 0 Å². The number of ether oxygens (including phenoxy) is 1. The van der Waals surface area contributed by atoms with Crippen LogP contribution < -0.4 is 0 Å². The Kier molecular flexibility index (Phi) is 3.87. The fraction of sp³-hybridized carbons (Fsp3) is 1.00. The number of aliphatic hydroxyl groups excluding tert-OH is 1. The molecule has 2 atom stereocenters. The maximum atomic E-state index is 8.81. The van der Waals surface area contributed by atoms with Gasteiger partial charge in [0.05, 0.1) is 6.10 Å². The highest BCUT2D eigenvalue weighted by Crippen LogP contribution is 2.18. The maximum absolute atomic E-state index is 8.81. The first-order chi connectivity index (χ1) is 5.33. The third-order valence-electron chi connectivity index (χ3n) is 2.25. The fourth-order valence-electron chi connectivity index (χ4n) is 1.52. The summed E-state index contributed by atoms with van der Waals surface area (Å²) in [6.07, 6.45) is 5.14. The van der Waals surface area contributed by atoms with Crippen LogP contribution in [0.4, 0.5) is 0 Å². The Labute approximate surface area is 68.6 Å². The Bertz CT molecular complexity index is 97.7. The van der Waals surface area contributed by atoms with E-state index in [4.69, 9.17) is 9.84 Å². The van der Waals surface area contributed by atoms with Gasteiger partial charge in [0.15, 0.2) is 0 Å². The first-order valence-electron chi connectivity index (χ1n) is 4.55. The number of aliphatic hydroxyl groups is 1. The van der Waals surface area contributed by atoms with Gasteiger partial charge < -0.3 is 9.84 Å². The van der Waals surface area contributed by atoms with Crippen molar-refractivity contribution in [2.24, 2.45) is 5.92 Å². The lowest BCUT2D eigenvalue weighted by molar-refractivity contribution is -0.00189. The molecule has 1 saturated heterocycles. The van der Waals surface area contributed by atoms with Crippen molar-refractivity contribution in [2.75, 3.05) is 13.2 Å². The number of hydrogen-bond acceptors (Lipinski definition) is 2.